The fraction of sp³-hybridized carbons (Fsp3) is 0.833. The van der Waals surface area contributed by atoms with Gasteiger partial charge in [-0.05, 0) is 18.9 Å². The van der Waals surface area contributed by atoms with Crippen LogP contribution in [0.3, 0.4) is 0 Å². The third-order valence-corrected chi connectivity index (χ3v) is 3.51. The summed E-state index contributed by atoms with van der Waals surface area (Å²) in [7, 11) is 2.03. The molecule has 5 nitrogen and oxygen atoms in total. The molecule has 1 saturated heterocycles. The zero-order valence-electron chi connectivity index (χ0n) is 10.9. The van der Waals surface area contributed by atoms with Crippen LogP contribution in [0.15, 0.2) is 0 Å². The molecule has 0 amide bonds. The van der Waals surface area contributed by atoms with E-state index < -0.39 is 0 Å². The van der Waals surface area contributed by atoms with Crippen molar-refractivity contribution in [2.45, 2.75) is 32.7 Å². The zero-order valence-corrected chi connectivity index (χ0v) is 10.9. The van der Waals surface area contributed by atoms with Gasteiger partial charge in [0.1, 0.15) is 11.6 Å². The van der Waals surface area contributed by atoms with Gasteiger partial charge < -0.3 is 9.67 Å². The highest BCUT2D eigenvalue weighted by Gasteiger charge is 2.23. The number of hydrogen-bond acceptors (Lipinski definition) is 4. The lowest BCUT2D eigenvalue weighted by Crippen LogP contribution is -2.23. The van der Waals surface area contributed by atoms with E-state index >= 15 is 0 Å². The van der Waals surface area contributed by atoms with Crippen molar-refractivity contribution < 1.29 is 5.11 Å². The topological polar surface area (TPSA) is 54.2 Å². The maximum atomic E-state index is 9.12. The Labute approximate surface area is 102 Å². The van der Waals surface area contributed by atoms with Gasteiger partial charge in [-0.2, -0.15) is 0 Å². The predicted molar refractivity (Wildman–Crippen MR) is 65.6 cm³/mol. The minimum Gasteiger partial charge on any atom is -0.396 e. The van der Waals surface area contributed by atoms with Crippen LogP contribution in [0.5, 0.6) is 0 Å². The lowest BCUT2D eigenvalue weighted by atomic mass is 10.1. The van der Waals surface area contributed by atoms with E-state index in [-0.39, 0.29) is 0 Å². The highest BCUT2D eigenvalue weighted by Crippen LogP contribution is 2.18. The van der Waals surface area contributed by atoms with Crippen molar-refractivity contribution in [2.75, 3.05) is 19.7 Å². The maximum absolute atomic E-state index is 9.12. The second kappa shape index (κ2) is 5.14. The first-order valence-corrected chi connectivity index (χ1v) is 6.33. The van der Waals surface area contributed by atoms with Crippen molar-refractivity contribution in [3.63, 3.8) is 0 Å². The average molecular weight is 238 g/mol. The number of aromatic nitrogens is 3. The Balaban J connectivity index is 2.00. The summed E-state index contributed by atoms with van der Waals surface area (Å²) >= 11 is 0. The molecule has 17 heavy (non-hydrogen) atoms. The molecular weight excluding hydrogens is 216 g/mol. The highest BCUT2D eigenvalue weighted by atomic mass is 16.3. The molecule has 96 valence electrons. The van der Waals surface area contributed by atoms with E-state index in [0.717, 1.165) is 37.7 Å². The SMILES string of the molecule is CC(C)c1nnc(CN2CCC(CO)C2)n1C. The molecule has 1 aromatic heterocycles. The molecule has 0 bridgehead atoms. The molecule has 2 rings (SSSR count). The van der Waals surface area contributed by atoms with Crippen LogP contribution in [0.25, 0.3) is 0 Å². The Kier molecular flexibility index (Phi) is 3.79. The molecule has 1 N–H and O–H groups in total. The summed E-state index contributed by atoms with van der Waals surface area (Å²) in [6.07, 6.45) is 1.09. The van der Waals surface area contributed by atoms with Crippen LogP contribution in [0.2, 0.25) is 0 Å². The van der Waals surface area contributed by atoms with Crippen LogP contribution in [-0.2, 0) is 13.6 Å². The Morgan fingerprint density at radius 3 is 2.71 bits per heavy atom. The number of nitrogens with zero attached hydrogens (tertiary/aromatic N) is 4. The van der Waals surface area contributed by atoms with Gasteiger partial charge >= 0.3 is 0 Å². The molecule has 0 aliphatic carbocycles. The van der Waals surface area contributed by atoms with Crippen LogP contribution in [0.1, 0.15) is 37.8 Å². The van der Waals surface area contributed by atoms with Crippen molar-refractivity contribution >= 4 is 0 Å². The van der Waals surface area contributed by atoms with Crippen molar-refractivity contribution in [1.82, 2.24) is 19.7 Å². The molecule has 1 unspecified atom stereocenters. The maximum Gasteiger partial charge on any atom is 0.146 e. The molecule has 5 heteroatoms. The van der Waals surface area contributed by atoms with E-state index in [2.05, 4.69) is 33.5 Å². The number of likely N-dealkylation sites (tertiary alicyclic amines) is 1. The predicted octanol–water partition coefficient (Wildman–Crippen LogP) is 0.753. The second-order valence-corrected chi connectivity index (χ2v) is 5.26. The molecule has 0 radical (unpaired) electrons. The van der Waals surface area contributed by atoms with E-state index in [1.165, 1.54) is 0 Å². The summed E-state index contributed by atoms with van der Waals surface area (Å²) in [5.41, 5.74) is 0. The van der Waals surface area contributed by atoms with Gasteiger partial charge in [-0.1, -0.05) is 13.8 Å². The van der Waals surface area contributed by atoms with Gasteiger partial charge in [-0.3, -0.25) is 4.90 Å². The van der Waals surface area contributed by atoms with Crippen molar-refractivity contribution in [3.05, 3.63) is 11.6 Å². The first kappa shape index (κ1) is 12.5. The van der Waals surface area contributed by atoms with E-state index in [1.54, 1.807) is 0 Å². The Bertz CT molecular complexity index is 375. The van der Waals surface area contributed by atoms with Crippen LogP contribution in [0.4, 0.5) is 0 Å². The van der Waals surface area contributed by atoms with E-state index in [1.807, 2.05) is 7.05 Å². The van der Waals surface area contributed by atoms with Crippen molar-refractivity contribution in [1.29, 1.82) is 0 Å². The molecule has 1 aliphatic heterocycles. The quantitative estimate of drug-likeness (QED) is 0.841. The Morgan fingerprint density at radius 1 is 1.41 bits per heavy atom. The van der Waals surface area contributed by atoms with Crippen molar-refractivity contribution in [3.8, 4) is 0 Å². The molecule has 1 fully saturated rings. The fourth-order valence-corrected chi connectivity index (χ4v) is 2.42. The Morgan fingerprint density at radius 2 is 2.18 bits per heavy atom. The third kappa shape index (κ3) is 2.66. The normalized spacial score (nSPS) is 21.6. The third-order valence-electron chi connectivity index (χ3n) is 3.51. The summed E-state index contributed by atoms with van der Waals surface area (Å²) in [5, 5.41) is 17.6. The standard InChI is InChI=1S/C12H22N4O/c1-9(2)12-14-13-11(15(12)3)7-16-5-4-10(6-16)8-17/h9-10,17H,4-8H2,1-3H3. The highest BCUT2D eigenvalue weighted by molar-refractivity contribution is 4.99. The van der Waals surface area contributed by atoms with Crippen LogP contribution in [-0.4, -0.2) is 44.5 Å². The Hall–Kier alpha value is -0.940. The monoisotopic (exact) mass is 238 g/mol. The molecule has 1 aliphatic rings. The molecule has 1 aromatic rings. The largest absolute Gasteiger partial charge is 0.396 e. The lowest BCUT2D eigenvalue weighted by molar-refractivity contribution is 0.218. The van der Waals surface area contributed by atoms with Gasteiger partial charge in [-0.25, -0.2) is 0 Å². The fourth-order valence-electron chi connectivity index (χ4n) is 2.42. The van der Waals surface area contributed by atoms with E-state index in [0.29, 0.717) is 18.4 Å². The summed E-state index contributed by atoms with van der Waals surface area (Å²) in [4.78, 5) is 2.34. The van der Waals surface area contributed by atoms with Gasteiger partial charge in [-0.15, -0.1) is 10.2 Å². The lowest BCUT2D eigenvalue weighted by Gasteiger charge is -2.15. The second-order valence-electron chi connectivity index (χ2n) is 5.26. The van der Waals surface area contributed by atoms with Gasteiger partial charge in [0, 0.05) is 26.1 Å². The van der Waals surface area contributed by atoms with Gasteiger partial charge in [0.2, 0.25) is 0 Å². The summed E-state index contributed by atoms with van der Waals surface area (Å²) in [6, 6.07) is 0. The van der Waals surface area contributed by atoms with Crippen LogP contribution in [0, 0.1) is 5.92 Å². The zero-order chi connectivity index (χ0) is 12.4. The molecule has 0 aromatic carbocycles. The molecule has 0 saturated carbocycles. The molecule has 1 atom stereocenters. The van der Waals surface area contributed by atoms with Gasteiger partial charge in [0.25, 0.3) is 0 Å². The average Bonchev–Trinajstić information content (AvgIpc) is 2.87. The van der Waals surface area contributed by atoms with Crippen LogP contribution < -0.4 is 0 Å². The number of hydrogen-bond donors (Lipinski definition) is 1. The summed E-state index contributed by atoms with van der Waals surface area (Å²) < 4.78 is 2.09. The molecule has 2 heterocycles. The number of aliphatic hydroxyl groups excluding tert-OH is 1. The van der Waals surface area contributed by atoms with Crippen LogP contribution >= 0.6 is 0 Å². The first-order chi connectivity index (χ1) is 8.11. The van der Waals surface area contributed by atoms with Crippen molar-refractivity contribution in [2.24, 2.45) is 13.0 Å². The summed E-state index contributed by atoms with van der Waals surface area (Å²) in [5.74, 6) is 2.91. The van der Waals surface area contributed by atoms with E-state index in [9.17, 15) is 0 Å². The smallest absolute Gasteiger partial charge is 0.146 e. The number of aliphatic hydroxyl groups is 1. The van der Waals surface area contributed by atoms with Gasteiger partial charge in [0.05, 0.1) is 6.54 Å². The minimum atomic E-state index is 0.298. The molecule has 0 spiro atoms. The molecular formula is C12H22N4O. The van der Waals surface area contributed by atoms with E-state index in [4.69, 9.17) is 5.11 Å². The minimum absolute atomic E-state index is 0.298. The first-order valence-electron chi connectivity index (χ1n) is 6.33. The summed E-state index contributed by atoms with van der Waals surface area (Å²) in [6.45, 7) is 7.42. The van der Waals surface area contributed by atoms with Gasteiger partial charge in [0.15, 0.2) is 0 Å². The number of rotatable bonds is 4.